The normalized spacial score (nSPS) is 10.2. The molecule has 0 heterocycles. The van der Waals surface area contributed by atoms with Crippen LogP contribution in [0.1, 0.15) is 5.56 Å². The molecule has 0 radical (unpaired) electrons. The topological polar surface area (TPSA) is 62.7 Å². The van der Waals surface area contributed by atoms with Crippen LogP contribution in [0, 0.1) is 0 Å². The van der Waals surface area contributed by atoms with Gasteiger partial charge in [-0.15, -0.1) is 0 Å². The van der Waals surface area contributed by atoms with Gasteiger partial charge in [0.25, 0.3) is 0 Å². The van der Waals surface area contributed by atoms with Gasteiger partial charge in [-0.3, -0.25) is 4.84 Å². The van der Waals surface area contributed by atoms with E-state index in [1.807, 2.05) is 0 Å². The SMILES string of the molecule is CNC(=O)ON=Cc1cccc(Cl)c1NC. The number of nitrogens with one attached hydrogen (secondary N) is 2. The number of carbonyl (C=O) groups excluding carboxylic acids is 1. The molecule has 1 rings (SSSR count). The van der Waals surface area contributed by atoms with Gasteiger partial charge in [0.05, 0.1) is 16.9 Å². The van der Waals surface area contributed by atoms with Crippen molar-refractivity contribution in [2.45, 2.75) is 0 Å². The summed E-state index contributed by atoms with van der Waals surface area (Å²) in [6.45, 7) is 0. The monoisotopic (exact) mass is 241 g/mol. The van der Waals surface area contributed by atoms with Gasteiger partial charge in [0, 0.05) is 19.7 Å². The maximum atomic E-state index is 10.7. The number of anilines is 1. The molecule has 0 aliphatic carbocycles. The van der Waals surface area contributed by atoms with Gasteiger partial charge < -0.3 is 10.6 Å². The van der Waals surface area contributed by atoms with Gasteiger partial charge in [-0.25, -0.2) is 4.79 Å². The van der Waals surface area contributed by atoms with E-state index in [0.29, 0.717) is 5.02 Å². The van der Waals surface area contributed by atoms with Crippen molar-refractivity contribution >= 4 is 29.6 Å². The summed E-state index contributed by atoms with van der Waals surface area (Å²) in [5, 5.41) is 9.31. The van der Waals surface area contributed by atoms with Gasteiger partial charge in [-0.1, -0.05) is 28.9 Å². The molecule has 2 N–H and O–H groups in total. The van der Waals surface area contributed by atoms with Crippen molar-refractivity contribution in [2.24, 2.45) is 5.16 Å². The summed E-state index contributed by atoms with van der Waals surface area (Å²) in [6, 6.07) is 5.34. The minimum absolute atomic E-state index is 0.575. The van der Waals surface area contributed by atoms with Crippen molar-refractivity contribution in [3.05, 3.63) is 28.8 Å². The molecule has 0 fully saturated rings. The molecule has 0 saturated carbocycles. The zero-order chi connectivity index (χ0) is 12.0. The Balaban J connectivity index is 2.80. The Morgan fingerprint density at radius 2 is 2.25 bits per heavy atom. The molecule has 0 bridgehead atoms. The third-order valence-electron chi connectivity index (χ3n) is 1.83. The van der Waals surface area contributed by atoms with Crippen molar-refractivity contribution in [3.8, 4) is 0 Å². The quantitative estimate of drug-likeness (QED) is 0.484. The molecule has 86 valence electrons. The first-order chi connectivity index (χ1) is 7.69. The Labute approximate surface area is 98.4 Å². The molecule has 5 nitrogen and oxygen atoms in total. The van der Waals surface area contributed by atoms with E-state index in [1.165, 1.54) is 13.3 Å². The lowest BCUT2D eigenvalue weighted by atomic mass is 10.2. The maximum Gasteiger partial charge on any atom is 0.433 e. The molecule has 0 aromatic heterocycles. The average molecular weight is 242 g/mol. The third kappa shape index (κ3) is 3.13. The van der Waals surface area contributed by atoms with Gasteiger partial charge in [0.1, 0.15) is 0 Å². The summed E-state index contributed by atoms with van der Waals surface area (Å²) in [5.41, 5.74) is 1.47. The van der Waals surface area contributed by atoms with Gasteiger partial charge in [0.15, 0.2) is 0 Å². The van der Waals surface area contributed by atoms with E-state index in [1.54, 1.807) is 25.2 Å². The Kier molecular flexibility index (Phi) is 4.60. The molecule has 1 aromatic rings. The highest BCUT2D eigenvalue weighted by Gasteiger charge is 2.03. The first-order valence-electron chi connectivity index (χ1n) is 4.57. The highest BCUT2D eigenvalue weighted by molar-refractivity contribution is 6.33. The fourth-order valence-electron chi connectivity index (χ4n) is 1.09. The van der Waals surface area contributed by atoms with Gasteiger partial charge >= 0.3 is 6.09 Å². The third-order valence-corrected chi connectivity index (χ3v) is 2.14. The van der Waals surface area contributed by atoms with Crippen LogP contribution in [0.15, 0.2) is 23.4 Å². The lowest BCUT2D eigenvalue weighted by molar-refractivity contribution is 0.154. The summed E-state index contributed by atoms with van der Waals surface area (Å²) < 4.78 is 0. The van der Waals surface area contributed by atoms with Crippen LogP contribution in [0.5, 0.6) is 0 Å². The fourth-order valence-corrected chi connectivity index (χ4v) is 1.37. The van der Waals surface area contributed by atoms with Crippen LogP contribution in [0.2, 0.25) is 5.02 Å². The number of oxime groups is 1. The summed E-state index contributed by atoms with van der Waals surface area (Å²) in [6.07, 6.45) is 0.789. The Hall–Kier alpha value is -1.75. The molecule has 1 amide bonds. The van der Waals surface area contributed by atoms with E-state index in [9.17, 15) is 4.79 Å². The second kappa shape index (κ2) is 5.97. The number of para-hydroxylation sites is 1. The molecular weight excluding hydrogens is 230 g/mol. The van der Waals surface area contributed by atoms with Gasteiger partial charge in [-0.2, -0.15) is 0 Å². The predicted octanol–water partition coefficient (Wildman–Crippen LogP) is 2.07. The molecule has 0 spiro atoms. The predicted molar refractivity (Wildman–Crippen MR) is 64.1 cm³/mol. The van der Waals surface area contributed by atoms with Crippen molar-refractivity contribution in [1.29, 1.82) is 0 Å². The van der Waals surface area contributed by atoms with Crippen LogP contribution in [0.3, 0.4) is 0 Å². The zero-order valence-electron chi connectivity index (χ0n) is 8.95. The highest BCUT2D eigenvalue weighted by Crippen LogP contribution is 2.23. The Morgan fingerprint density at radius 1 is 1.50 bits per heavy atom. The van der Waals surface area contributed by atoms with Gasteiger partial charge in [0.2, 0.25) is 0 Å². The minimum Gasteiger partial charge on any atom is -0.386 e. The number of benzene rings is 1. The molecule has 16 heavy (non-hydrogen) atoms. The molecule has 0 unspecified atom stereocenters. The molecule has 1 aromatic carbocycles. The van der Waals surface area contributed by atoms with Crippen LogP contribution in [0.25, 0.3) is 0 Å². The van der Waals surface area contributed by atoms with E-state index in [2.05, 4.69) is 20.6 Å². The number of rotatable bonds is 3. The average Bonchev–Trinajstić information content (AvgIpc) is 2.29. The first kappa shape index (κ1) is 12.3. The summed E-state index contributed by atoms with van der Waals surface area (Å²) in [4.78, 5) is 15.2. The standard InChI is InChI=1S/C10H12ClN3O2/c1-12-9-7(4-3-5-8(9)11)6-14-16-10(15)13-2/h3-6,12H,1-2H3,(H,13,15). The second-order valence-corrected chi connectivity index (χ2v) is 3.22. The lowest BCUT2D eigenvalue weighted by Gasteiger charge is -2.06. The smallest absolute Gasteiger partial charge is 0.386 e. The largest absolute Gasteiger partial charge is 0.433 e. The van der Waals surface area contributed by atoms with Crippen LogP contribution in [0.4, 0.5) is 10.5 Å². The molecule has 0 saturated heterocycles. The fraction of sp³-hybridized carbons (Fsp3) is 0.200. The molecular formula is C10H12ClN3O2. The van der Waals surface area contributed by atoms with Crippen molar-refractivity contribution in [1.82, 2.24) is 5.32 Å². The number of hydrogen-bond donors (Lipinski definition) is 2. The number of amides is 1. The summed E-state index contributed by atoms with van der Waals surface area (Å²) >= 11 is 5.95. The van der Waals surface area contributed by atoms with Crippen molar-refractivity contribution < 1.29 is 9.63 Å². The summed E-state index contributed by atoms with van der Waals surface area (Å²) in [7, 11) is 3.20. The maximum absolute atomic E-state index is 10.7. The Bertz CT molecular complexity index is 407. The highest BCUT2D eigenvalue weighted by atomic mass is 35.5. The number of hydrogen-bond acceptors (Lipinski definition) is 4. The number of halogens is 1. The van der Waals surface area contributed by atoms with Crippen LogP contribution < -0.4 is 10.6 Å². The second-order valence-electron chi connectivity index (χ2n) is 2.82. The molecule has 0 aliphatic rings. The Morgan fingerprint density at radius 3 is 2.88 bits per heavy atom. The van der Waals surface area contributed by atoms with E-state index in [0.717, 1.165) is 11.3 Å². The lowest BCUT2D eigenvalue weighted by Crippen LogP contribution is -2.16. The number of nitrogens with zero attached hydrogens (tertiary/aromatic N) is 1. The molecule has 0 aliphatic heterocycles. The van der Waals surface area contributed by atoms with Crippen LogP contribution >= 0.6 is 11.6 Å². The first-order valence-corrected chi connectivity index (χ1v) is 4.95. The van der Waals surface area contributed by atoms with E-state index < -0.39 is 6.09 Å². The van der Waals surface area contributed by atoms with Crippen LogP contribution in [-0.2, 0) is 4.84 Å². The zero-order valence-corrected chi connectivity index (χ0v) is 9.71. The van der Waals surface area contributed by atoms with Crippen molar-refractivity contribution in [2.75, 3.05) is 19.4 Å². The van der Waals surface area contributed by atoms with Crippen molar-refractivity contribution in [3.63, 3.8) is 0 Å². The molecule has 6 heteroatoms. The number of carbonyl (C=O) groups is 1. The summed E-state index contributed by atoms with van der Waals surface area (Å²) in [5.74, 6) is 0. The van der Waals surface area contributed by atoms with E-state index in [-0.39, 0.29) is 0 Å². The van der Waals surface area contributed by atoms with E-state index >= 15 is 0 Å². The van der Waals surface area contributed by atoms with Gasteiger partial charge in [-0.05, 0) is 6.07 Å². The van der Waals surface area contributed by atoms with Crippen LogP contribution in [-0.4, -0.2) is 26.4 Å². The minimum atomic E-state index is -0.621. The molecule has 0 atom stereocenters. The van der Waals surface area contributed by atoms with E-state index in [4.69, 9.17) is 11.6 Å².